The van der Waals surface area contributed by atoms with E-state index in [9.17, 15) is 19.8 Å². The van der Waals surface area contributed by atoms with Crippen LogP contribution in [0, 0.1) is 0 Å². The highest BCUT2D eigenvalue weighted by Gasteiger charge is 2.51. The van der Waals surface area contributed by atoms with E-state index >= 15 is 0 Å². The first kappa shape index (κ1) is 18.7. The summed E-state index contributed by atoms with van der Waals surface area (Å²) in [5, 5.41) is 20.1. The molecule has 132 valence electrons. The lowest BCUT2D eigenvalue weighted by Crippen LogP contribution is -2.45. The fourth-order valence-corrected chi connectivity index (χ4v) is 3.47. The van der Waals surface area contributed by atoms with Crippen molar-refractivity contribution < 1.29 is 19.8 Å². The lowest BCUT2D eigenvalue weighted by atomic mass is 9.69. The van der Waals surface area contributed by atoms with Gasteiger partial charge in [0.2, 0.25) is 5.41 Å². The molecule has 4 heteroatoms. The summed E-state index contributed by atoms with van der Waals surface area (Å²) in [5.41, 5.74) is 0.227. The van der Waals surface area contributed by atoms with Crippen LogP contribution in [0.2, 0.25) is 0 Å². The van der Waals surface area contributed by atoms with Crippen molar-refractivity contribution in [2.45, 2.75) is 44.9 Å². The van der Waals surface area contributed by atoms with Crippen LogP contribution < -0.4 is 0 Å². The van der Waals surface area contributed by atoms with Gasteiger partial charge in [-0.1, -0.05) is 76.2 Å². The number of hydrogen-bond acceptors (Lipinski definition) is 2. The third-order valence-electron chi connectivity index (χ3n) is 4.59. The second-order valence-electron chi connectivity index (χ2n) is 6.84. The van der Waals surface area contributed by atoms with Gasteiger partial charge in [0, 0.05) is 0 Å². The van der Waals surface area contributed by atoms with Gasteiger partial charge < -0.3 is 10.2 Å². The van der Waals surface area contributed by atoms with Crippen LogP contribution in [0.15, 0.2) is 48.5 Å². The number of carboxylic acid groups (broad SMARTS) is 2. The summed E-state index contributed by atoms with van der Waals surface area (Å²) in [6.45, 7) is 7.97. The van der Waals surface area contributed by atoms with E-state index in [1.807, 2.05) is 33.8 Å². The standard InChI is InChI=1S/C21H24O4/c1-13(2)16-11-8-12-17(18(16)14(3)4)21(19(22)23,20(24)25)15-9-6-5-7-10-15/h5-14H,1-4H3,(H,22,23)(H,24,25). The van der Waals surface area contributed by atoms with Gasteiger partial charge in [0.25, 0.3) is 0 Å². The van der Waals surface area contributed by atoms with Crippen molar-refractivity contribution in [1.29, 1.82) is 0 Å². The molecule has 0 atom stereocenters. The van der Waals surface area contributed by atoms with Crippen molar-refractivity contribution in [1.82, 2.24) is 0 Å². The summed E-state index contributed by atoms with van der Waals surface area (Å²) in [6, 6.07) is 13.5. The predicted molar refractivity (Wildman–Crippen MR) is 97.1 cm³/mol. The zero-order valence-electron chi connectivity index (χ0n) is 15.0. The van der Waals surface area contributed by atoms with Crippen LogP contribution in [0.5, 0.6) is 0 Å². The van der Waals surface area contributed by atoms with Gasteiger partial charge in [0.1, 0.15) is 0 Å². The summed E-state index contributed by atoms with van der Waals surface area (Å²) in [6.07, 6.45) is 0. The van der Waals surface area contributed by atoms with Crippen molar-refractivity contribution in [3.63, 3.8) is 0 Å². The summed E-state index contributed by atoms with van der Waals surface area (Å²) in [5.74, 6) is -2.60. The van der Waals surface area contributed by atoms with Gasteiger partial charge in [-0.25, -0.2) is 0 Å². The number of benzene rings is 2. The number of carbonyl (C=O) groups is 2. The zero-order chi connectivity index (χ0) is 18.8. The van der Waals surface area contributed by atoms with Crippen molar-refractivity contribution in [2.75, 3.05) is 0 Å². The van der Waals surface area contributed by atoms with Crippen molar-refractivity contribution in [3.8, 4) is 0 Å². The molecule has 0 aliphatic rings. The molecule has 0 aliphatic heterocycles. The van der Waals surface area contributed by atoms with Crippen LogP contribution >= 0.6 is 0 Å². The Kier molecular flexibility index (Phi) is 5.31. The largest absolute Gasteiger partial charge is 0.480 e. The quantitative estimate of drug-likeness (QED) is 0.765. The van der Waals surface area contributed by atoms with Crippen LogP contribution in [0.25, 0.3) is 0 Å². The van der Waals surface area contributed by atoms with Crippen LogP contribution in [-0.2, 0) is 15.0 Å². The molecule has 2 aromatic rings. The highest BCUT2D eigenvalue weighted by atomic mass is 16.4. The molecule has 0 unspecified atom stereocenters. The van der Waals surface area contributed by atoms with Crippen molar-refractivity contribution in [2.24, 2.45) is 0 Å². The summed E-state index contributed by atoms with van der Waals surface area (Å²) in [7, 11) is 0. The Balaban J connectivity index is 2.97. The fraction of sp³-hybridized carbons (Fsp3) is 0.333. The molecule has 0 spiro atoms. The summed E-state index contributed by atoms with van der Waals surface area (Å²) in [4.78, 5) is 24.7. The summed E-state index contributed by atoms with van der Waals surface area (Å²) >= 11 is 0. The van der Waals surface area contributed by atoms with Crippen LogP contribution in [-0.4, -0.2) is 22.2 Å². The Morgan fingerprint density at radius 2 is 1.36 bits per heavy atom. The molecular weight excluding hydrogens is 316 g/mol. The lowest BCUT2D eigenvalue weighted by Gasteiger charge is -2.31. The SMILES string of the molecule is CC(C)c1cccc(C(C(=O)O)(C(=O)O)c2ccccc2)c1C(C)C. The van der Waals surface area contributed by atoms with E-state index in [4.69, 9.17) is 0 Å². The first-order chi connectivity index (χ1) is 11.7. The molecule has 2 N–H and O–H groups in total. The topological polar surface area (TPSA) is 74.6 Å². The van der Waals surface area contributed by atoms with Crippen molar-refractivity contribution >= 4 is 11.9 Å². The van der Waals surface area contributed by atoms with Gasteiger partial charge in [-0.2, -0.15) is 0 Å². The number of rotatable bonds is 6. The molecule has 2 rings (SSSR count). The maximum absolute atomic E-state index is 12.3. The average molecular weight is 340 g/mol. The lowest BCUT2D eigenvalue weighted by molar-refractivity contribution is -0.155. The Morgan fingerprint density at radius 3 is 1.80 bits per heavy atom. The fourth-order valence-electron chi connectivity index (χ4n) is 3.47. The maximum atomic E-state index is 12.3. The van der Waals surface area contributed by atoms with Crippen LogP contribution in [0.4, 0.5) is 0 Å². The van der Waals surface area contributed by atoms with Gasteiger partial charge in [-0.05, 0) is 34.1 Å². The second kappa shape index (κ2) is 7.09. The molecule has 0 aromatic heterocycles. The Labute approximate surface area is 148 Å². The third-order valence-corrected chi connectivity index (χ3v) is 4.59. The minimum Gasteiger partial charge on any atom is -0.480 e. The average Bonchev–Trinajstić information content (AvgIpc) is 2.55. The first-order valence-corrected chi connectivity index (χ1v) is 8.40. The molecule has 0 radical (unpaired) electrons. The Morgan fingerprint density at radius 1 is 0.800 bits per heavy atom. The van der Waals surface area contributed by atoms with E-state index in [1.54, 1.807) is 42.5 Å². The zero-order valence-corrected chi connectivity index (χ0v) is 15.0. The van der Waals surface area contributed by atoms with Crippen LogP contribution in [0.1, 0.15) is 61.8 Å². The predicted octanol–water partition coefficient (Wildman–Crippen LogP) is 4.39. The number of aliphatic carboxylic acids is 2. The van der Waals surface area contributed by atoms with Crippen molar-refractivity contribution in [3.05, 3.63) is 70.8 Å². The monoisotopic (exact) mass is 340 g/mol. The molecule has 0 heterocycles. The molecule has 0 aliphatic carbocycles. The highest BCUT2D eigenvalue weighted by molar-refractivity contribution is 6.09. The number of hydrogen-bond donors (Lipinski definition) is 2. The molecule has 0 fully saturated rings. The van der Waals surface area contributed by atoms with E-state index in [1.165, 1.54) is 0 Å². The second-order valence-corrected chi connectivity index (χ2v) is 6.84. The minimum atomic E-state index is -2.13. The smallest absolute Gasteiger partial charge is 0.330 e. The normalized spacial score (nSPS) is 11.8. The molecule has 0 bridgehead atoms. The van der Waals surface area contributed by atoms with Gasteiger partial charge in [0.15, 0.2) is 0 Å². The van der Waals surface area contributed by atoms with Gasteiger partial charge in [0.05, 0.1) is 0 Å². The molecule has 0 amide bonds. The van der Waals surface area contributed by atoms with E-state index in [-0.39, 0.29) is 17.4 Å². The molecule has 25 heavy (non-hydrogen) atoms. The summed E-state index contributed by atoms with van der Waals surface area (Å²) < 4.78 is 0. The molecule has 4 nitrogen and oxygen atoms in total. The first-order valence-electron chi connectivity index (χ1n) is 8.40. The van der Waals surface area contributed by atoms with E-state index < -0.39 is 17.4 Å². The molecular formula is C21H24O4. The molecule has 0 saturated heterocycles. The minimum absolute atomic E-state index is 0.00427. The highest BCUT2D eigenvalue weighted by Crippen LogP contribution is 2.40. The van der Waals surface area contributed by atoms with Gasteiger partial charge in [-0.3, -0.25) is 9.59 Å². The molecule has 2 aromatic carbocycles. The molecule has 0 saturated carbocycles. The van der Waals surface area contributed by atoms with Gasteiger partial charge in [-0.15, -0.1) is 0 Å². The van der Waals surface area contributed by atoms with E-state index in [0.717, 1.165) is 11.1 Å². The van der Waals surface area contributed by atoms with Crippen LogP contribution in [0.3, 0.4) is 0 Å². The number of carboxylic acids is 2. The van der Waals surface area contributed by atoms with Gasteiger partial charge >= 0.3 is 11.9 Å². The Bertz CT molecular complexity index is 762. The Hall–Kier alpha value is -2.62. The third kappa shape index (κ3) is 3.04. The van der Waals surface area contributed by atoms with E-state index in [2.05, 4.69) is 0 Å². The maximum Gasteiger partial charge on any atom is 0.330 e. The van der Waals surface area contributed by atoms with E-state index in [0.29, 0.717) is 5.56 Å².